The molecule has 3 aliphatic heterocycles. The number of aromatic nitrogens is 2. The van der Waals surface area contributed by atoms with Gasteiger partial charge in [-0.3, -0.25) is 29.8 Å². The van der Waals surface area contributed by atoms with Gasteiger partial charge in [-0.15, -0.1) is 0 Å². The molecule has 2 aromatic carbocycles. The van der Waals surface area contributed by atoms with Crippen LogP contribution in [-0.4, -0.2) is 82.3 Å². The molecule has 48 heavy (non-hydrogen) atoms. The molecule has 12 nitrogen and oxygen atoms in total. The van der Waals surface area contributed by atoms with E-state index in [0.717, 1.165) is 81.6 Å². The summed E-state index contributed by atoms with van der Waals surface area (Å²) in [6.45, 7) is 6.01. The largest absolute Gasteiger partial charge is 0.446 e. The van der Waals surface area contributed by atoms with Crippen LogP contribution in [0.4, 0.5) is 21.1 Å². The van der Waals surface area contributed by atoms with Crippen LogP contribution in [0.25, 0.3) is 0 Å². The molecule has 7 rings (SSSR count). The van der Waals surface area contributed by atoms with E-state index in [-0.39, 0.29) is 42.0 Å². The van der Waals surface area contributed by atoms with Crippen molar-refractivity contribution in [2.75, 3.05) is 36.4 Å². The number of hydrogen-bond donors (Lipinski definition) is 3. The lowest BCUT2D eigenvalue weighted by Gasteiger charge is -2.38. The van der Waals surface area contributed by atoms with Gasteiger partial charge >= 0.3 is 12.1 Å². The summed E-state index contributed by atoms with van der Waals surface area (Å²) >= 11 is 0. The molecule has 252 valence electrons. The molecule has 0 bridgehead atoms. The minimum Gasteiger partial charge on any atom is -0.446 e. The Morgan fingerprint density at radius 2 is 1.69 bits per heavy atom. The number of aromatic amines is 1. The topological polar surface area (TPSA) is 140 Å². The number of amides is 5. The number of rotatable bonds is 8. The molecule has 5 amide bonds. The van der Waals surface area contributed by atoms with E-state index in [1.54, 1.807) is 9.80 Å². The van der Waals surface area contributed by atoms with Gasteiger partial charge in [-0.25, -0.2) is 9.59 Å². The molecule has 3 aromatic rings. The quantitative estimate of drug-likeness (QED) is 0.298. The van der Waals surface area contributed by atoms with Gasteiger partial charge in [0.2, 0.25) is 5.91 Å². The summed E-state index contributed by atoms with van der Waals surface area (Å²) < 4.78 is 5.73. The van der Waals surface area contributed by atoms with E-state index in [0.29, 0.717) is 30.3 Å². The molecule has 4 heterocycles. The summed E-state index contributed by atoms with van der Waals surface area (Å²) in [6, 6.07) is 17.7. The lowest BCUT2D eigenvalue weighted by atomic mass is 9.89. The minimum atomic E-state index is -0.361. The van der Waals surface area contributed by atoms with Crippen LogP contribution in [0.5, 0.6) is 0 Å². The van der Waals surface area contributed by atoms with Gasteiger partial charge in [0.05, 0.1) is 0 Å². The van der Waals surface area contributed by atoms with Crippen molar-refractivity contribution in [3.05, 3.63) is 77.0 Å². The van der Waals surface area contributed by atoms with E-state index in [2.05, 4.69) is 37.9 Å². The molecule has 3 saturated heterocycles. The number of hydrogen-bond acceptors (Lipinski definition) is 7. The molecule has 1 aliphatic carbocycles. The number of H-pyrrole nitrogens is 1. The van der Waals surface area contributed by atoms with Crippen molar-refractivity contribution in [1.29, 1.82) is 0 Å². The van der Waals surface area contributed by atoms with Gasteiger partial charge in [0.1, 0.15) is 6.10 Å². The summed E-state index contributed by atoms with van der Waals surface area (Å²) in [6.07, 6.45) is 5.62. The minimum absolute atomic E-state index is 0.0917. The Morgan fingerprint density at radius 3 is 2.38 bits per heavy atom. The fourth-order valence-electron chi connectivity index (χ4n) is 7.31. The summed E-state index contributed by atoms with van der Waals surface area (Å²) in [5.41, 5.74) is 4.77. The van der Waals surface area contributed by atoms with Gasteiger partial charge in [0.15, 0.2) is 5.82 Å². The van der Waals surface area contributed by atoms with Gasteiger partial charge in [-0.1, -0.05) is 24.3 Å². The van der Waals surface area contributed by atoms with Crippen molar-refractivity contribution in [1.82, 2.24) is 25.3 Å². The Balaban J connectivity index is 0.848. The molecular weight excluding hydrogens is 610 g/mol. The number of imide groups is 1. The zero-order valence-electron chi connectivity index (χ0n) is 27.3. The van der Waals surface area contributed by atoms with Crippen molar-refractivity contribution >= 4 is 35.4 Å². The first-order chi connectivity index (χ1) is 23.3. The molecule has 0 radical (unpaired) electrons. The zero-order valence-corrected chi connectivity index (χ0v) is 27.3. The number of carbonyl (C=O) groups is 4. The maximum atomic E-state index is 13.0. The smallest absolute Gasteiger partial charge is 0.410 e. The first-order valence-corrected chi connectivity index (χ1v) is 17.2. The lowest BCUT2D eigenvalue weighted by Crippen LogP contribution is -2.50. The number of anilines is 2. The number of piperidine rings is 1. The third kappa shape index (κ3) is 7.08. The van der Waals surface area contributed by atoms with Crippen LogP contribution in [0, 0.1) is 0 Å². The molecule has 0 unspecified atom stereocenters. The highest BCUT2D eigenvalue weighted by atomic mass is 16.6. The Bertz CT molecular complexity index is 1650. The van der Waals surface area contributed by atoms with Crippen LogP contribution in [0.2, 0.25) is 0 Å². The Kier molecular flexibility index (Phi) is 9.16. The van der Waals surface area contributed by atoms with Crippen LogP contribution in [0.15, 0.2) is 54.6 Å². The van der Waals surface area contributed by atoms with E-state index >= 15 is 0 Å². The van der Waals surface area contributed by atoms with Gasteiger partial charge in [0, 0.05) is 61.0 Å². The van der Waals surface area contributed by atoms with E-state index in [1.807, 2.05) is 49.4 Å². The number of likely N-dealkylation sites (tertiary alicyclic amines) is 2. The molecule has 3 atom stereocenters. The highest BCUT2D eigenvalue weighted by Gasteiger charge is 2.35. The first-order valence-electron chi connectivity index (χ1n) is 17.2. The molecule has 1 aromatic heterocycles. The number of carbonyl (C=O) groups excluding carboxylic acids is 4. The number of nitrogens with zero attached hydrogens (tertiary/aromatic N) is 4. The van der Waals surface area contributed by atoms with Gasteiger partial charge < -0.3 is 15.0 Å². The second kappa shape index (κ2) is 13.8. The van der Waals surface area contributed by atoms with Crippen LogP contribution >= 0.6 is 0 Å². The average molecular weight is 654 g/mol. The SMILES string of the molecule is C[C@H]1CCN1C(=O)O[C@@H]1CC[C@H](c2cc(NC(=O)c3ccc(CN4CCC(c5ccc(N6CCC(=O)NC6=O)cc5)CC4)cc3)n[nH]2)C1. The molecule has 4 aliphatic rings. The Labute approximate surface area is 280 Å². The Hall–Kier alpha value is -4.71. The van der Waals surface area contributed by atoms with Crippen molar-refractivity contribution in [2.24, 2.45) is 0 Å². The zero-order chi connectivity index (χ0) is 33.2. The van der Waals surface area contributed by atoms with E-state index in [4.69, 9.17) is 4.74 Å². The molecular formula is C36H43N7O5. The fourth-order valence-corrected chi connectivity index (χ4v) is 7.31. The van der Waals surface area contributed by atoms with Crippen molar-refractivity contribution < 1.29 is 23.9 Å². The van der Waals surface area contributed by atoms with Crippen LogP contribution < -0.4 is 15.5 Å². The second-order valence-electron chi connectivity index (χ2n) is 13.6. The summed E-state index contributed by atoms with van der Waals surface area (Å²) in [4.78, 5) is 54.8. The van der Waals surface area contributed by atoms with Crippen LogP contribution in [0.1, 0.15) is 90.9 Å². The summed E-state index contributed by atoms with van der Waals surface area (Å²) in [5, 5.41) is 12.7. The number of nitrogens with one attached hydrogen (secondary N) is 3. The predicted octanol–water partition coefficient (Wildman–Crippen LogP) is 5.35. The van der Waals surface area contributed by atoms with Gasteiger partial charge in [-0.05, 0) is 99.8 Å². The van der Waals surface area contributed by atoms with E-state index in [9.17, 15) is 19.2 Å². The molecule has 1 saturated carbocycles. The molecule has 0 spiro atoms. The average Bonchev–Trinajstić information content (AvgIpc) is 3.74. The van der Waals surface area contributed by atoms with Crippen molar-refractivity contribution in [3.8, 4) is 0 Å². The fraction of sp³-hybridized carbons (Fsp3) is 0.472. The highest BCUT2D eigenvalue weighted by Crippen LogP contribution is 2.37. The van der Waals surface area contributed by atoms with E-state index < -0.39 is 0 Å². The maximum Gasteiger partial charge on any atom is 0.410 e. The van der Waals surface area contributed by atoms with Gasteiger partial charge in [0.25, 0.3) is 5.91 Å². The highest BCUT2D eigenvalue weighted by molar-refractivity contribution is 6.05. The molecule has 12 heteroatoms. The van der Waals surface area contributed by atoms with Crippen molar-refractivity contribution in [2.45, 2.75) is 82.4 Å². The lowest BCUT2D eigenvalue weighted by molar-refractivity contribution is -0.120. The predicted molar refractivity (Wildman–Crippen MR) is 180 cm³/mol. The first kappa shape index (κ1) is 31.9. The summed E-state index contributed by atoms with van der Waals surface area (Å²) in [5.74, 6) is 0.728. The molecule has 4 fully saturated rings. The standard InChI is InChI=1S/C36H43N7O5/c1-23-12-18-42(23)36(47)48-30-11-8-28(20-30)31-21-32(40-39-31)37-34(45)27-4-2-24(3-5-27)22-41-16-13-26(14-17-41)25-6-9-29(10-7-25)43-19-15-33(44)38-35(43)46/h2-7,9-10,21,23,26,28,30H,8,11-20,22H2,1H3,(H,38,44,46)(H2,37,39,40,45)/t23-,28-,30+/m0/s1. The van der Waals surface area contributed by atoms with Crippen molar-refractivity contribution in [3.63, 3.8) is 0 Å². The monoisotopic (exact) mass is 653 g/mol. The second-order valence-corrected chi connectivity index (χ2v) is 13.6. The number of benzene rings is 2. The molecule has 3 N–H and O–H groups in total. The normalized spacial score (nSPS) is 23.5. The number of ether oxygens (including phenoxy) is 1. The van der Waals surface area contributed by atoms with Crippen LogP contribution in [0.3, 0.4) is 0 Å². The van der Waals surface area contributed by atoms with Crippen LogP contribution in [-0.2, 0) is 16.1 Å². The maximum absolute atomic E-state index is 13.0. The number of urea groups is 1. The Morgan fingerprint density at radius 1 is 0.917 bits per heavy atom. The third-order valence-electron chi connectivity index (χ3n) is 10.4. The third-order valence-corrected chi connectivity index (χ3v) is 10.4. The van der Waals surface area contributed by atoms with E-state index in [1.165, 1.54) is 5.56 Å². The van der Waals surface area contributed by atoms with Gasteiger partial charge in [-0.2, -0.15) is 5.10 Å². The summed E-state index contributed by atoms with van der Waals surface area (Å²) in [7, 11) is 0.